The third-order valence-corrected chi connectivity index (χ3v) is 3.74. The van der Waals surface area contributed by atoms with Crippen molar-refractivity contribution in [2.45, 2.75) is 52.7 Å². The number of carbonyl (C=O) groups excluding carboxylic acids is 3. The minimum atomic E-state index is -0.942. The summed E-state index contributed by atoms with van der Waals surface area (Å²) >= 11 is 0. The summed E-state index contributed by atoms with van der Waals surface area (Å²) < 4.78 is 15.6. The Bertz CT molecular complexity index is 655. The molecule has 8 heteroatoms. The maximum absolute atomic E-state index is 12.2. The van der Waals surface area contributed by atoms with Crippen LogP contribution in [0.25, 0.3) is 0 Å². The molecule has 0 aliphatic heterocycles. The highest BCUT2D eigenvalue weighted by molar-refractivity contribution is 5.89. The SMILES string of the molecule is COC(=O)C(C)(C)COC(=O)c1ccc(C(CCC(N)=O)OC(C)C)nc1. The van der Waals surface area contributed by atoms with E-state index >= 15 is 0 Å². The summed E-state index contributed by atoms with van der Waals surface area (Å²) in [4.78, 5) is 39.1. The van der Waals surface area contributed by atoms with Crippen molar-refractivity contribution in [3.63, 3.8) is 0 Å². The summed E-state index contributed by atoms with van der Waals surface area (Å²) in [6.07, 6.45) is 1.49. The second-order valence-electron chi connectivity index (χ2n) is 7.10. The quantitative estimate of drug-likeness (QED) is 0.618. The van der Waals surface area contributed by atoms with Crippen molar-refractivity contribution in [2.75, 3.05) is 13.7 Å². The Hall–Kier alpha value is -2.48. The molecule has 150 valence electrons. The van der Waals surface area contributed by atoms with Crippen LogP contribution in [-0.4, -0.2) is 42.7 Å². The van der Waals surface area contributed by atoms with Crippen LogP contribution in [0, 0.1) is 5.41 Å². The van der Waals surface area contributed by atoms with Crippen LogP contribution in [0.1, 0.15) is 62.7 Å². The molecule has 1 rings (SSSR count). The van der Waals surface area contributed by atoms with Crippen LogP contribution in [0.15, 0.2) is 18.3 Å². The van der Waals surface area contributed by atoms with Crippen LogP contribution in [-0.2, 0) is 23.8 Å². The normalized spacial score (nSPS) is 12.5. The first kappa shape index (κ1) is 22.6. The second-order valence-corrected chi connectivity index (χ2v) is 7.10. The van der Waals surface area contributed by atoms with Gasteiger partial charge in [-0.2, -0.15) is 0 Å². The van der Waals surface area contributed by atoms with Crippen molar-refractivity contribution < 1.29 is 28.6 Å². The van der Waals surface area contributed by atoms with Gasteiger partial charge in [-0.3, -0.25) is 14.6 Å². The fourth-order valence-corrected chi connectivity index (χ4v) is 2.27. The number of carbonyl (C=O) groups is 3. The van der Waals surface area contributed by atoms with Gasteiger partial charge >= 0.3 is 11.9 Å². The van der Waals surface area contributed by atoms with E-state index in [1.165, 1.54) is 13.3 Å². The van der Waals surface area contributed by atoms with E-state index in [0.717, 1.165) is 0 Å². The van der Waals surface area contributed by atoms with Crippen molar-refractivity contribution >= 4 is 17.8 Å². The molecule has 2 N–H and O–H groups in total. The maximum atomic E-state index is 12.2. The van der Waals surface area contributed by atoms with E-state index in [2.05, 4.69) is 9.72 Å². The van der Waals surface area contributed by atoms with Crippen molar-refractivity contribution in [1.29, 1.82) is 0 Å². The molecule has 1 atom stereocenters. The summed E-state index contributed by atoms with van der Waals surface area (Å²) in [7, 11) is 1.28. The van der Waals surface area contributed by atoms with E-state index in [1.807, 2.05) is 13.8 Å². The molecule has 0 aliphatic carbocycles. The zero-order valence-electron chi connectivity index (χ0n) is 16.5. The lowest BCUT2D eigenvalue weighted by Crippen LogP contribution is -2.32. The first-order chi connectivity index (χ1) is 12.6. The number of hydrogen-bond acceptors (Lipinski definition) is 7. The monoisotopic (exact) mass is 380 g/mol. The molecule has 0 saturated heterocycles. The number of amides is 1. The number of methoxy groups -OCH3 is 1. The molecular weight excluding hydrogens is 352 g/mol. The van der Waals surface area contributed by atoms with Crippen LogP contribution in [0.2, 0.25) is 0 Å². The van der Waals surface area contributed by atoms with Gasteiger partial charge in [-0.1, -0.05) is 0 Å². The van der Waals surface area contributed by atoms with Gasteiger partial charge in [-0.15, -0.1) is 0 Å². The van der Waals surface area contributed by atoms with Gasteiger partial charge < -0.3 is 19.9 Å². The van der Waals surface area contributed by atoms with Crippen molar-refractivity contribution in [3.05, 3.63) is 29.6 Å². The van der Waals surface area contributed by atoms with E-state index in [-0.39, 0.29) is 24.7 Å². The largest absolute Gasteiger partial charge is 0.469 e. The molecular formula is C19H28N2O6. The lowest BCUT2D eigenvalue weighted by Gasteiger charge is -2.21. The predicted octanol–water partition coefficient (Wildman–Crippen LogP) is 2.17. The van der Waals surface area contributed by atoms with Crippen molar-refractivity contribution in [2.24, 2.45) is 11.1 Å². The molecule has 1 amide bonds. The molecule has 8 nitrogen and oxygen atoms in total. The number of ether oxygens (including phenoxy) is 3. The molecule has 0 fully saturated rings. The van der Waals surface area contributed by atoms with Crippen LogP contribution in [0.3, 0.4) is 0 Å². The fraction of sp³-hybridized carbons (Fsp3) is 0.579. The molecule has 0 saturated carbocycles. The standard InChI is InChI=1S/C19H28N2O6/c1-12(2)27-15(8-9-16(20)22)14-7-6-13(10-21-14)17(23)26-11-19(3,4)18(24)25-5/h6-7,10,12,15H,8-9,11H2,1-5H3,(H2,20,22). The van der Waals surface area contributed by atoms with Crippen LogP contribution in [0.4, 0.5) is 0 Å². The van der Waals surface area contributed by atoms with Crippen molar-refractivity contribution in [3.8, 4) is 0 Å². The molecule has 1 aromatic rings. The molecule has 1 aromatic heterocycles. The minimum Gasteiger partial charge on any atom is -0.469 e. The fourth-order valence-electron chi connectivity index (χ4n) is 2.27. The first-order valence-electron chi connectivity index (χ1n) is 8.72. The number of nitrogens with two attached hydrogens (primary N) is 1. The Morgan fingerprint density at radius 2 is 1.89 bits per heavy atom. The topological polar surface area (TPSA) is 118 Å². The van der Waals surface area contributed by atoms with Crippen molar-refractivity contribution in [1.82, 2.24) is 4.98 Å². The summed E-state index contributed by atoms with van der Waals surface area (Å²) in [6.45, 7) is 6.90. The summed E-state index contributed by atoms with van der Waals surface area (Å²) in [6, 6.07) is 3.22. The van der Waals surface area contributed by atoms with E-state index in [4.69, 9.17) is 15.2 Å². The van der Waals surface area contributed by atoms with Crippen LogP contribution in [0.5, 0.6) is 0 Å². The van der Waals surface area contributed by atoms with Crippen LogP contribution < -0.4 is 5.73 Å². The number of nitrogens with zero attached hydrogens (tertiary/aromatic N) is 1. The van der Waals surface area contributed by atoms with Gasteiger partial charge in [0.15, 0.2) is 0 Å². The predicted molar refractivity (Wildman–Crippen MR) is 97.7 cm³/mol. The first-order valence-corrected chi connectivity index (χ1v) is 8.72. The highest BCUT2D eigenvalue weighted by Crippen LogP contribution is 2.23. The number of primary amides is 1. The molecule has 0 aliphatic rings. The van der Waals surface area contributed by atoms with Gasteiger partial charge in [-0.25, -0.2) is 4.79 Å². The lowest BCUT2D eigenvalue weighted by atomic mass is 9.95. The third-order valence-electron chi connectivity index (χ3n) is 3.74. The Morgan fingerprint density at radius 3 is 2.37 bits per heavy atom. The zero-order chi connectivity index (χ0) is 20.6. The summed E-state index contributed by atoms with van der Waals surface area (Å²) in [5.74, 6) is -1.47. The smallest absolute Gasteiger partial charge is 0.339 e. The Balaban J connectivity index is 2.78. The second kappa shape index (κ2) is 10.0. The Labute approximate surface area is 159 Å². The van der Waals surface area contributed by atoms with Gasteiger partial charge in [0.05, 0.1) is 29.9 Å². The number of aromatic nitrogens is 1. The van der Waals surface area contributed by atoms with Gasteiger partial charge in [0.2, 0.25) is 5.91 Å². The number of hydrogen-bond donors (Lipinski definition) is 1. The number of esters is 2. The molecule has 27 heavy (non-hydrogen) atoms. The zero-order valence-corrected chi connectivity index (χ0v) is 16.5. The molecule has 0 bridgehead atoms. The molecule has 0 aromatic carbocycles. The van der Waals surface area contributed by atoms with Gasteiger partial charge in [0.1, 0.15) is 12.7 Å². The summed E-state index contributed by atoms with van der Waals surface area (Å²) in [5, 5.41) is 0. The van der Waals surface area contributed by atoms with Gasteiger partial charge in [-0.05, 0) is 46.2 Å². The van der Waals surface area contributed by atoms with E-state index in [1.54, 1.807) is 26.0 Å². The molecule has 0 spiro atoms. The van der Waals surface area contributed by atoms with Gasteiger partial charge in [0, 0.05) is 12.6 Å². The van der Waals surface area contributed by atoms with E-state index < -0.39 is 29.4 Å². The lowest BCUT2D eigenvalue weighted by molar-refractivity contribution is -0.152. The summed E-state index contributed by atoms with van der Waals surface area (Å²) in [5.41, 5.74) is 5.10. The minimum absolute atomic E-state index is 0.0603. The van der Waals surface area contributed by atoms with Crippen LogP contribution >= 0.6 is 0 Å². The molecule has 0 radical (unpaired) electrons. The molecule has 1 unspecified atom stereocenters. The average molecular weight is 380 g/mol. The highest BCUT2D eigenvalue weighted by Gasteiger charge is 2.30. The average Bonchev–Trinajstić information content (AvgIpc) is 2.62. The van der Waals surface area contributed by atoms with E-state index in [0.29, 0.717) is 12.1 Å². The van der Waals surface area contributed by atoms with Gasteiger partial charge in [0.25, 0.3) is 0 Å². The maximum Gasteiger partial charge on any atom is 0.339 e. The number of rotatable bonds is 10. The highest BCUT2D eigenvalue weighted by atomic mass is 16.5. The third kappa shape index (κ3) is 7.34. The Kier molecular flexibility index (Phi) is 8.36. The molecule has 1 heterocycles. The Morgan fingerprint density at radius 1 is 1.22 bits per heavy atom. The number of pyridine rings is 1. The van der Waals surface area contributed by atoms with E-state index in [9.17, 15) is 14.4 Å².